The zero-order chi connectivity index (χ0) is 13.8. The van der Waals surface area contributed by atoms with Crippen LogP contribution in [0.5, 0.6) is 5.88 Å². The molecule has 19 heavy (non-hydrogen) atoms. The maximum absolute atomic E-state index is 10.8. The third-order valence-corrected chi connectivity index (χ3v) is 3.84. The Bertz CT molecular complexity index is 446. The quantitative estimate of drug-likeness (QED) is 0.644. The van der Waals surface area contributed by atoms with E-state index in [4.69, 9.17) is 10.5 Å². The Kier molecular flexibility index (Phi) is 4.36. The third kappa shape index (κ3) is 3.04. The molecule has 0 aliphatic heterocycles. The topological polar surface area (TPSA) is 96.2 Å². The molecule has 1 aliphatic rings. The highest BCUT2D eigenvalue weighted by Crippen LogP contribution is 2.31. The van der Waals surface area contributed by atoms with Gasteiger partial charge in [-0.25, -0.2) is 0 Å². The van der Waals surface area contributed by atoms with Gasteiger partial charge in [0.25, 0.3) is 5.88 Å². The SMILES string of the molecule is Cn1cnc([N+](=O)[O-])c1OCC1CCCCC1CN. The van der Waals surface area contributed by atoms with Gasteiger partial charge in [-0.3, -0.25) is 4.57 Å². The number of nitro groups is 1. The van der Waals surface area contributed by atoms with E-state index in [0.29, 0.717) is 25.0 Å². The van der Waals surface area contributed by atoms with Gasteiger partial charge < -0.3 is 20.6 Å². The van der Waals surface area contributed by atoms with Crippen LogP contribution in [0.2, 0.25) is 0 Å². The Morgan fingerprint density at radius 3 is 2.84 bits per heavy atom. The van der Waals surface area contributed by atoms with Crippen LogP contribution in [0.25, 0.3) is 0 Å². The fourth-order valence-electron chi connectivity index (χ4n) is 2.70. The summed E-state index contributed by atoms with van der Waals surface area (Å²) in [5.74, 6) is 0.850. The Morgan fingerprint density at radius 2 is 2.21 bits per heavy atom. The maximum Gasteiger partial charge on any atom is 0.426 e. The Balaban J connectivity index is 2.01. The predicted octanol–water partition coefficient (Wildman–Crippen LogP) is 1.47. The molecule has 0 amide bonds. The van der Waals surface area contributed by atoms with Crippen molar-refractivity contribution < 1.29 is 9.66 Å². The van der Waals surface area contributed by atoms with E-state index >= 15 is 0 Å². The molecule has 1 fully saturated rings. The zero-order valence-corrected chi connectivity index (χ0v) is 11.1. The largest absolute Gasteiger partial charge is 0.472 e. The third-order valence-electron chi connectivity index (χ3n) is 3.84. The zero-order valence-electron chi connectivity index (χ0n) is 11.1. The first-order chi connectivity index (χ1) is 9.13. The molecule has 7 heteroatoms. The average Bonchev–Trinajstić information content (AvgIpc) is 2.78. The van der Waals surface area contributed by atoms with Crippen molar-refractivity contribution in [3.63, 3.8) is 0 Å². The summed E-state index contributed by atoms with van der Waals surface area (Å²) in [7, 11) is 1.69. The first kappa shape index (κ1) is 13.8. The maximum atomic E-state index is 10.8. The van der Waals surface area contributed by atoms with Gasteiger partial charge in [-0.2, -0.15) is 0 Å². The first-order valence-corrected chi connectivity index (χ1v) is 6.62. The molecular weight excluding hydrogens is 248 g/mol. The summed E-state index contributed by atoms with van der Waals surface area (Å²) in [6.45, 7) is 1.13. The van der Waals surface area contributed by atoms with E-state index < -0.39 is 4.92 Å². The number of rotatable bonds is 5. The lowest BCUT2D eigenvalue weighted by atomic mass is 9.80. The van der Waals surface area contributed by atoms with Crippen molar-refractivity contribution in [1.29, 1.82) is 0 Å². The minimum atomic E-state index is -0.517. The molecule has 1 aromatic rings. The van der Waals surface area contributed by atoms with Gasteiger partial charge >= 0.3 is 5.82 Å². The fraction of sp³-hybridized carbons (Fsp3) is 0.750. The Morgan fingerprint density at radius 1 is 1.53 bits per heavy atom. The van der Waals surface area contributed by atoms with Crippen LogP contribution in [-0.2, 0) is 7.05 Å². The molecule has 1 heterocycles. The molecule has 2 N–H and O–H groups in total. The standard InChI is InChI=1S/C12H20N4O3/c1-15-8-14-11(16(17)18)12(15)19-7-10-5-3-2-4-9(10)6-13/h8-10H,2-7,13H2,1H3. The van der Waals surface area contributed by atoms with Gasteiger partial charge in [-0.05, 0) is 41.1 Å². The summed E-state index contributed by atoms with van der Waals surface area (Å²) in [6, 6.07) is 0. The van der Waals surface area contributed by atoms with E-state index in [1.807, 2.05) is 0 Å². The number of nitrogens with two attached hydrogens (primary N) is 1. The van der Waals surface area contributed by atoms with Crippen LogP contribution in [0, 0.1) is 22.0 Å². The number of ether oxygens (including phenoxy) is 1. The van der Waals surface area contributed by atoms with Crippen molar-refractivity contribution in [2.75, 3.05) is 13.2 Å². The number of nitrogens with zero attached hydrogens (tertiary/aromatic N) is 3. The molecule has 0 saturated heterocycles. The van der Waals surface area contributed by atoms with E-state index in [1.54, 1.807) is 11.6 Å². The second-order valence-electron chi connectivity index (χ2n) is 5.09. The highest BCUT2D eigenvalue weighted by molar-refractivity contribution is 5.33. The van der Waals surface area contributed by atoms with Gasteiger partial charge in [0.15, 0.2) is 0 Å². The molecule has 0 spiro atoms. The molecule has 0 aromatic carbocycles. The van der Waals surface area contributed by atoms with Crippen LogP contribution in [-0.4, -0.2) is 27.6 Å². The van der Waals surface area contributed by atoms with Crippen molar-refractivity contribution in [3.05, 3.63) is 16.4 Å². The van der Waals surface area contributed by atoms with Crippen LogP contribution in [0.15, 0.2) is 6.33 Å². The smallest absolute Gasteiger partial charge is 0.426 e. The molecule has 1 aromatic heterocycles. The van der Waals surface area contributed by atoms with Crippen molar-refractivity contribution in [3.8, 4) is 5.88 Å². The first-order valence-electron chi connectivity index (χ1n) is 6.62. The Labute approximate surface area is 111 Å². The van der Waals surface area contributed by atoms with E-state index in [2.05, 4.69) is 4.98 Å². The van der Waals surface area contributed by atoms with Gasteiger partial charge in [0.2, 0.25) is 6.33 Å². The molecular formula is C12H20N4O3. The van der Waals surface area contributed by atoms with E-state index in [9.17, 15) is 10.1 Å². The van der Waals surface area contributed by atoms with Crippen molar-refractivity contribution in [2.45, 2.75) is 25.7 Å². The molecule has 0 radical (unpaired) electrons. The lowest BCUT2D eigenvalue weighted by Crippen LogP contribution is -2.31. The van der Waals surface area contributed by atoms with E-state index in [0.717, 1.165) is 12.8 Å². The van der Waals surface area contributed by atoms with Gasteiger partial charge in [-0.15, -0.1) is 0 Å². The van der Waals surface area contributed by atoms with Crippen LogP contribution in [0.1, 0.15) is 25.7 Å². The van der Waals surface area contributed by atoms with E-state index in [1.165, 1.54) is 19.2 Å². The van der Waals surface area contributed by atoms with Crippen LogP contribution >= 0.6 is 0 Å². The summed E-state index contributed by atoms with van der Waals surface area (Å²) < 4.78 is 7.18. The van der Waals surface area contributed by atoms with Crippen molar-refractivity contribution >= 4 is 5.82 Å². The summed E-state index contributed by atoms with van der Waals surface area (Å²) >= 11 is 0. The van der Waals surface area contributed by atoms with Crippen molar-refractivity contribution in [1.82, 2.24) is 9.55 Å². The number of aromatic nitrogens is 2. The second-order valence-corrected chi connectivity index (χ2v) is 5.09. The molecule has 106 valence electrons. The van der Waals surface area contributed by atoms with Gasteiger partial charge in [-0.1, -0.05) is 12.8 Å². The number of hydrogen-bond donors (Lipinski definition) is 1. The molecule has 7 nitrogen and oxygen atoms in total. The predicted molar refractivity (Wildman–Crippen MR) is 69.9 cm³/mol. The van der Waals surface area contributed by atoms with Gasteiger partial charge in [0, 0.05) is 7.05 Å². The molecule has 1 aliphatic carbocycles. The minimum Gasteiger partial charge on any atom is -0.472 e. The average molecular weight is 268 g/mol. The Hall–Kier alpha value is -1.63. The lowest BCUT2D eigenvalue weighted by Gasteiger charge is -2.30. The summed E-state index contributed by atoms with van der Waals surface area (Å²) in [4.78, 5) is 14.1. The molecule has 2 atom stereocenters. The second kappa shape index (κ2) is 6.01. The van der Waals surface area contributed by atoms with Crippen LogP contribution in [0.3, 0.4) is 0 Å². The number of hydrogen-bond acceptors (Lipinski definition) is 5. The normalized spacial score (nSPS) is 23.3. The molecule has 1 saturated carbocycles. The number of aryl methyl sites for hydroxylation is 1. The van der Waals surface area contributed by atoms with Crippen molar-refractivity contribution in [2.24, 2.45) is 24.6 Å². The van der Waals surface area contributed by atoms with Crippen LogP contribution in [0.4, 0.5) is 5.82 Å². The molecule has 2 unspecified atom stereocenters. The highest BCUT2D eigenvalue weighted by Gasteiger charge is 2.27. The van der Waals surface area contributed by atoms with Gasteiger partial charge in [0.05, 0.1) is 6.61 Å². The van der Waals surface area contributed by atoms with Crippen LogP contribution < -0.4 is 10.5 Å². The molecule has 0 bridgehead atoms. The summed E-state index contributed by atoms with van der Waals surface area (Å²) in [5.41, 5.74) is 5.77. The number of imidazole rings is 1. The van der Waals surface area contributed by atoms with Gasteiger partial charge in [0.1, 0.15) is 0 Å². The van der Waals surface area contributed by atoms with E-state index in [-0.39, 0.29) is 11.7 Å². The lowest BCUT2D eigenvalue weighted by molar-refractivity contribution is -0.390. The monoisotopic (exact) mass is 268 g/mol. The fourth-order valence-corrected chi connectivity index (χ4v) is 2.70. The highest BCUT2D eigenvalue weighted by atomic mass is 16.6. The minimum absolute atomic E-state index is 0.220. The molecule has 2 rings (SSSR count). The summed E-state index contributed by atoms with van der Waals surface area (Å²) in [5, 5.41) is 10.8. The summed E-state index contributed by atoms with van der Waals surface area (Å²) in [6.07, 6.45) is 5.99.